The molecule has 1 atom stereocenters. The van der Waals surface area contributed by atoms with Crippen molar-refractivity contribution in [1.82, 2.24) is 10.2 Å². The quantitative estimate of drug-likeness (QED) is 0.750. The van der Waals surface area contributed by atoms with Crippen LogP contribution in [0.5, 0.6) is 0 Å². The molecule has 0 radical (unpaired) electrons. The van der Waals surface area contributed by atoms with Crippen LogP contribution in [0, 0.1) is 0 Å². The number of nitrogens with zero attached hydrogens (tertiary/aromatic N) is 1. The van der Waals surface area contributed by atoms with Gasteiger partial charge in [0.15, 0.2) is 0 Å². The Morgan fingerprint density at radius 1 is 1.21 bits per heavy atom. The third kappa shape index (κ3) is 3.93. The molecule has 2 aliphatic rings. The van der Waals surface area contributed by atoms with Gasteiger partial charge in [-0.15, -0.1) is 0 Å². The fourth-order valence-corrected chi connectivity index (χ4v) is 3.78. The van der Waals surface area contributed by atoms with Gasteiger partial charge in [0.05, 0.1) is 0 Å². The zero-order valence-corrected chi connectivity index (χ0v) is 12.9. The molecule has 1 N–H and O–H groups in total. The Morgan fingerprint density at radius 2 is 2.00 bits per heavy atom. The van der Waals surface area contributed by atoms with Gasteiger partial charge >= 0.3 is 0 Å². The van der Waals surface area contributed by atoms with Crippen LogP contribution in [0.25, 0.3) is 0 Å². The summed E-state index contributed by atoms with van der Waals surface area (Å²) in [4.78, 5) is 2.80. The molecule has 0 aromatic rings. The van der Waals surface area contributed by atoms with E-state index in [0.717, 1.165) is 13.2 Å². The predicted molar refractivity (Wildman–Crippen MR) is 80.6 cm³/mol. The summed E-state index contributed by atoms with van der Waals surface area (Å²) in [6, 6.07) is 0.694. The second-order valence-electron chi connectivity index (χ2n) is 6.27. The lowest BCUT2D eigenvalue weighted by Crippen LogP contribution is -2.65. The van der Waals surface area contributed by atoms with E-state index in [0.29, 0.717) is 11.6 Å². The Hall–Kier alpha value is -0.120. The van der Waals surface area contributed by atoms with Gasteiger partial charge in [0.25, 0.3) is 0 Å². The van der Waals surface area contributed by atoms with Crippen molar-refractivity contribution < 1.29 is 4.74 Å². The first-order valence-electron chi connectivity index (χ1n) is 8.37. The molecule has 1 unspecified atom stereocenters. The van der Waals surface area contributed by atoms with E-state index >= 15 is 0 Å². The molecule has 1 saturated carbocycles. The molecule has 1 saturated heterocycles. The highest BCUT2D eigenvalue weighted by atomic mass is 16.5. The highest BCUT2D eigenvalue weighted by Gasteiger charge is 2.41. The zero-order valence-electron chi connectivity index (χ0n) is 12.9. The third-order valence-electron chi connectivity index (χ3n) is 5.03. The van der Waals surface area contributed by atoms with Crippen LogP contribution in [0.15, 0.2) is 0 Å². The van der Waals surface area contributed by atoms with E-state index in [1.807, 2.05) is 0 Å². The molecule has 1 aliphatic carbocycles. The van der Waals surface area contributed by atoms with E-state index in [2.05, 4.69) is 24.1 Å². The van der Waals surface area contributed by atoms with Gasteiger partial charge in [-0.05, 0) is 32.6 Å². The average Bonchev–Trinajstić information content (AvgIpc) is 2.46. The first-order chi connectivity index (χ1) is 9.30. The molecule has 1 aliphatic heterocycles. The molecular weight excluding hydrogens is 236 g/mol. The molecule has 0 bridgehead atoms. The Morgan fingerprint density at radius 3 is 2.68 bits per heavy atom. The standard InChI is InChI=1S/C16H32N2O/c1-3-15-13-18(11-8-12-19-4-2)16(14-17-15)9-6-5-7-10-16/h15,17H,3-14H2,1-2H3. The van der Waals surface area contributed by atoms with Gasteiger partial charge in [-0.2, -0.15) is 0 Å². The van der Waals surface area contributed by atoms with E-state index in [9.17, 15) is 0 Å². The monoisotopic (exact) mass is 268 g/mol. The summed E-state index contributed by atoms with van der Waals surface area (Å²) in [6.07, 6.45) is 9.49. The van der Waals surface area contributed by atoms with Gasteiger partial charge < -0.3 is 10.1 Å². The Labute approximate surface area is 119 Å². The molecular formula is C16H32N2O. The zero-order chi connectivity index (χ0) is 13.6. The van der Waals surface area contributed by atoms with Crippen molar-refractivity contribution in [2.75, 3.05) is 32.8 Å². The van der Waals surface area contributed by atoms with Crippen LogP contribution < -0.4 is 5.32 Å². The molecule has 0 amide bonds. The Kier molecular flexibility index (Phi) is 6.11. The maximum absolute atomic E-state index is 5.51. The van der Waals surface area contributed by atoms with Crippen molar-refractivity contribution in [3.8, 4) is 0 Å². The number of ether oxygens (including phenoxy) is 1. The SMILES string of the molecule is CCOCCCN1CC(CC)NCC12CCCCC2. The van der Waals surface area contributed by atoms with E-state index < -0.39 is 0 Å². The van der Waals surface area contributed by atoms with E-state index in [-0.39, 0.29) is 0 Å². The van der Waals surface area contributed by atoms with Crippen LogP contribution in [0.3, 0.4) is 0 Å². The topological polar surface area (TPSA) is 24.5 Å². The maximum atomic E-state index is 5.51. The summed E-state index contributed by atoms with van der Waals surface area (Å²) < 4.78 is 5.51. The van der Waals surface area contributed by atoms with Crippen molar-refractivity contribution in [3.05, 3.63) is 0 Å². The average molecular weight is 268 g/mol. The lowest BCUT2D eigenvalue weighted by Gasteiger charge is -2.52. The van der Waals surface area contributed by atoms with Gasteiger partial charge in [-0.3, -0.25) is 4.90 Å². The fraction of sp³-hybridized carbons (Fsp3) is 1.00. The van der Waals surface area contributed by atoms with Gasteiger partial charge in [0.1, 0.15) is 0 Å². The van der Waals surface area contributed by atoms with Gasteiger partial charge in [-0.1, -0.05) is 26.2 Å². The number of rotatable bonds is 6. The molecule has 2 fully saturated rings. The van der Waals surface area contributed by atoms with Crippen LogP contribution in [0.2, 0.25) is 0 Å². The first-order valence-corrected chi connectivity index (χ1v) is 8.37. The molecule has 2 rings (SSSR count). The number of piperazine rings is 1. The summed E-state index contributed by atoms with van der Waals surface area (Å²) in [7, 11) is 0. The smallest absolute Gasteiger partial charge is 0.0478 e. The van der Waals surface area contributed by atoms with Gasteiger partial charge in [0, 0.05) is 44.4 Å². The van der Waals surface area contributed by atoms with Crippen LogP contribution in [0.1, 0.15) is 58.8 Å². The minimum atomic E-state index is 0.468. The van der Waals surface area contributed by atoms with Crippen LogP contribution in [-0.2, 0) is 4.74 Å². The lowest BCUT2D eigenvalue weighted by atomic mass is 9.78. The van der Waals surface area contributed by atoms with Gasteiger partial charge in [0.2, 0.25) is 0 Å². The summed E-state index contributed by atoms with van der Waals surface area (Å²) >= 11 is 0. The van der Waals surface area contributed by atoms with Gasteiger partial charge in [-0.25, -0.2) is 0 Å². The third-order valence-corrected chi connectivity index (χ3v) is 5.03. The minimum Gasteiger partial charge on any atom is -0.382 e. The van der Waals surface area contributed by atoms with E-state index in [4.69, 9.17) is 4.74 Å². The van der Waals surface area contributed by atoms with Crippen molar-refractivity contribution >= 4 is 0 Å². The molecule has 1 heterocycles. The molecule has 112 valence electrons. The van der Waals surface area contributed by atoms with Crippen molar-refractivity contribution in [2.45, 2.75) is 70.4 Å². The van der Waals surface area contributed by atoms with Crippen molar-refractivity contribution in [2.24, 2.45) is 0 Å². The molecule has 0 aromatic carbocycles. The Balaban J connectivity index is 1.90. The number of hydrogen-bond acceptors (Lipinski definition) is 3. The second kappa shape index (κ2) is 7.61. The van der Waals surface area contributed by atoms with Crippen LogP contribution >= 0.6 is 0 Å². The highest BCUT2D eigenvalue weighted by molar-refractivity contribution is 5.00. The number of nitrogens with one attached hydrogen (secondary N) is 1. The van der Waals surface area contributed by atoms with Crippen molar-refractivity contribution in [3.63, 3.8) is 0 Å². The molecule has 3 heteroatoms. The van der Waals surface area contributed by atoms with E-state index in [1.165, 1.54) is 64.6 Å². The summed E-state index contributed by atoms with van der Waals surface area (Å²) in [6.45, 7) is 9.83. The summed E-state index contributed by atoms with van der Waals surface area (Å²) in [5.74, 6) is 0. The molecule has 0 aromatic heterocycles. The first kappa shape index (κ1) is 15.3. The summed E-state index contributed by atoms with van der Waals surface area (Å²) in [5, 5.41) is 3.79. The predicted octanol–water partition coefficient (Wildman–Crippen LogP) is 2.80. The largest absolute Gasteiger partial charge is 0.382 e. The Bertz CT molecular complexity index is 251. The van der Waals surface area contributed by atoms with Crippen LogP contribution in [0.4, 0.5) is 0 Å². The highest BCUT2D eigenvalue weighted by Crippen LogP contribution is 2.35. The summed E-state index contributed by atoms with van der Waals surface area (Å²) in [5.41, 5.74) is 0.468. The molecule has 3 nitrogen and oxygen atoms in total. The van der Waals surface area contributed by atoms with Crippen molar-refractivity contribution in [1.29, 1.82) is 0 Å². The lowest BCUT2D eigenvalue weighted by molar-refractivity contribution is 0.00263. The maximum Gasteiger partial charge on any atom is 0.0478 e. The molecule has 1 spiro atoms. The van der Waals surface area contributed by atoms with Crippen LogP contribution in [-0.4, -0.2) is 49.3 Å². The molecule has 19 heavy (non-hydrogen) atoms. The fourth-order valence-electron chi connectivity index (χ4n) is 3.78. The number of hydrogen-bond donors (Lipinski definition) is 1. The minimum absolute atomic E-state index is 0.468. The normalized spacial score (nSPS) is 27.8. The van der Waals surface area contributed by atoms with E-state index in [1.54, 1.807) is 0 Å². The second-order valence-corrected chi connectivity index (χ2v) is 6.27.